The van der Waals surface area contributed by atoms with Gasteiger partial charge < -0.3 is 19.5 Å². The fourth-order valence-electron chi connectivity index (χ4n) is 6.70. The third-order valence-electron chi connectivity index (χ3n) is 10.4. The van der Waals surface area contributed by atoms with Crippen molar-refractivity contribution in [2.24, 2.45) is 5.92 Å². The molecule has 0 unspecified atom stereocenters. The van der Waals surface area contributed by atoms with Gasteiger partial charge in [0.05, 0.1) is 29.6 Å². The normalized spacial score (nSPS) is 23.7. The summed E-state index contributed by atoms with van der Waals surface area (Å²) < 4.78 is 45.2. The van der Waals surface area contributed by atoms with E-state index in [0.717, 1.165) is 21.7 Å². The number of hydrogen-bond donors (Lipinski definition) is 2. The summed E-state index contributed by atoms with van der Waals surface area (Å²) in [5, 5.41) is 6.35. The fourth-order valence-corrected chi connectivity index (χ4v) is 8.96. The molecular weight excluding hydrogens is 707 g/mol. The van der Waals surface area contributed by atoms with Crippen molar-refractivity contribution < 1.29 is 37.0 Å². The smallest absolute Gasteiger partial charge is 0.411 e. The highest BCUT2D eigenvalue weighted by molar-refractivity contribution is 7.91. The molecule has 13 nitrogen and oxygen atoms in total. The van der Waals surface area contributed by atoms with Gasteiger partial charge >= 0.3 is 6.09 Å². The van der Waals surface area contributed by atoms with Gasteiger partial charge in [0.1, 0.15) is 45.5 Å². The van der Waals surface area contributed by atoms with Crippen molar-refractivity contribution in [3.63, 3.8) is 0 Å². The molecule has 2 N–H and O–H groups in total. The van der Waals surface area contributed by atoms with Gasteiger partial charge in [-0.3, -0.25) is 19.2 Å². The molecule has 0 bridgehead atoms. The Hall–Kier alpha value is -3.98. The highest BCUT2D eigenvalue weighted by Crippen LogP contribution is 2.48. The third-order valence-corrected chi connectivity index (χ3v) is 13.4. The average Bonchev–Trinajstić information content (AvgIpc) is 3.84. The largest absolute Gasteiger partial charge is 0.496 e. The molecule has 282 valence electrons. The highest BCUT2D eigenvalue weighted by Gasteiger charge is 2.63. The van der Waals surface area contributed by atoms with E-state index in [1.165, 1.54) is 16.2 Å². The van der Waals surface area contributed by atoms with Crippen molar-refractivity contribution in [3.05, 3.63) is 34.8 Å². The van der Waals surface area contributed by atoms with Gasteiger partial charge in [0, 0.05) is 28.8 Å². The van der Waals surface area contributed by atoms with Crippen LogP contribution >= 0.6 is 11.3 Å². The minimum absolute atomic E-state index is 0.0270. The van der Waals surface area contributed by atoms with Crippen molar-refractivity contribution in [3.8, 4) is 22.2 Å². The lowest BCUT2D eigenvalue weighted by molar-refractivity contribution is -0.132. The molecule has 2 saturated carbocycles. The number of nitrogens with one attached hydrogen (secondary N) is 2. The Kier molecular flexibility index (Phi) is 9.77. The molecule has 1 saturated heterocycles. The Morgan fingerprint density at radius 2 is 1.85 bits per heavy atom. The number of fused-ring (bicyclic) bond motifs is 1. The van der Waals surface area contributed by atoms with Crippen molar-refractivity contribution in [2.45, 2.75) is 121 Å². The molecule has 3 fully saturated rings. The van der Waals surface area contributed by atoms with Crippen LogP contribution in [0.1, 0.15) is 97.7 Å². The minimum Gasteiger partial charge on any atom is -0.496 e. The minimum atomic E-state index is -3.93. The molecule has 1 aliphatic heterocycles. The first kappa shape index (κ1) is 37.8. The lowest BCUT2D eigenvalue weighted by Gasteiger charge is -2.29. The number of pyridine rings is 1. The van der Waals surface area contributed by atoms with E-state index in [0.29, 0.717) is 42.0 Å². The molecule has 2 aromatic heterocycles. The first-order valence-corrected chi connectivity index (χ1v) is 20.2. The van der Waals surface area contributed by atoms with Crippen LogP contribution in [-0.2, 0) is 24.3 Å². The topological polar surface area (TPSA) is 166 Å². The molecule has 3 heterocycles. The highest BCUT2D eigenvalue weighted by atomic mass is 32.2. The monoisotopic (exact) mass is 755 g/mol. The number of nitrogens with zero attached hydrogens (tertiary/aromatic N) is 3. The summed E-state index contributed by atoms with van der Waals surface area (Å²) in [6, 6.07) is 4.49. The Bertz CT molecular complexity index is 2020. The molecule has 0 radical (unpaired) electrons. The number of rotatable bonds is 11. The van der Waals surface area contributed by atoms with Crippen molar-refractivity contribution in [2.75, 3.05) is 13.7 Å². The van der Waals surface area contributed by atoms with Crippen LogP contribution in [0, 0.1) is 12.8 Å². The molecule has 0 spiro atoms. The Labute approximate surface area is 309 Å². The molecule has 3 amide bonds. The third kappa shape index (κ3) is 7.17. The number of hydrogen-bond acceptors (Lipinski definition) is 11. The van der Waals surface area contributed by atoms with Crippen molar-refractivity contribution in [1.82, 2.24) is 24.9 Å². The summed E-state index contributed by atoms with van der Waals surface area (Å²) >= 11 is 1.49. The summed E-state index contributed by atoms with van der Waals surface area (Å²) in [5.74, 6) is -0.178. The number of carbonyl (C=O) groups is 3. The summed E-state index contributed by atoms with van der Waals surface area (Å²) in [7, 11) is -2.33. The van der Waals surface area contributed by atoms with E-state index < -0.39 is 56.0 Å². The van der Waals surface area contributed by atoms with Crippen molar-refractivity contribution >= 4 is 50.2 Å². The molecular formula is C37H49N5O8S2. The number of carbonyl (C=O) groups excluding carboxylic acids is 3. The van der Waals surface area contributed by atoms with E-state index in [1.54, 1.807) is 34.8 Å². The van der Waals surface area contributed by atoms with E-state index >= 15 is 0 Å². The van der Waals surface area contributed by atoms with Crippen LogP contribution in [0.25, 0.3) is 21.6 Å². The number of benzene rings is 1. The van der Waals surface area contributed by atoms with Gasteiger partial charge in [0.15, 0.2) is 0 Å². The second-order valence-electron chi connectivity index (χ2n) is 15.8. The maximum absolute atomic E-state index is 14.2. The van der Waals surface area contributed by atoms with Crippen LogP contribution in [0.4, 0.5) is 4.79 Å². The first-order valence-electron chi connectivity index (χ1n) is 17.8. The number of amides is 3. The number of sulfonamides is 1. The molecule has 6 rings (SSSR count). The van der Waals surface area contributed by atoms with Crippen LogP contribution in [0.5, 0.6) is 11.5 Å². The standard InChI is InChI=1S/C37H49N5O8S2/c1-10-22-17-37(22,33(44)41-52(46,47)36(8)13-14-36)40-31(43)27-15-23(18-42(27)34(45)50-35(5,6)7)49-29-16-25(32-39-26(19-51-32)20(2)3)38-30-21(4)28(48-9)12-11-24(29)30/h11-12,16,19-20,22-23,27H,10,13-15,17-18H2,1-9H3,(H,40,43)(H,41,44)/t22-,23-,27+,37-/m1/s1. The first-order chi connectivity index (χ1) is 24.3. The Morgan fingerprint density at radius 1 is 1.13 bits per heavy atom. The molecule has 4 atom stereocenters. The van der Waals surface area contributed by atoms with Gasteiger partial charge in [-0.05, 0) is 77.8 Å². The van der Waals surface area contributed by atoms with E-state index in [-0.39, 0.29) is 31.2 Å². The Balaban J connectivity index is 1.31. The summed E-state index contributed by atoms with van der Waals surface area (Å²) in [5.41, 5.74) is 0.822. The van der Waals surface area contributed by atoms with E-state index in [9.17, 15) is 22.8 Å². The fraction of sp³-hybridized carbons (Fsp3) is 0.595. The van der Waals surface area contributed by atoms with Crippen LogP contribution in [-0.4, -0.2) is 82.9 Å². The predicted octanol–water partition coefficient (Wildman–Crippen LogP) is 5.84. The molecule has 52 heavy (non-hydrogen) atoms. The lowest BCUT2D eigenvalue weighted by atomic mass is 10.1. The number of thiazole rings is 1. The van der Waals surface area contributed by atoms with E-state index in [4.69, 9.17) is 24.2 Å². The van der Waals surface area contributed by atoms with Crippen LogP contribution in [0.2, 0.25) is 0 Å². The predicted molar refractivity (Wildman–Crippen MR) is 198 cm³/mol. The average molecular weight is 756 g/mol. The van der Waals surface area contributed by atoms with E-state index in [2.05, 4.69) is 23.9 Å². The summed E-state index contributed by atoms with van der Waals surface area (Å²) in [6.07, 6.45) is 0.517. The van der Waals surface area contributed by atoms with Crippen molar-refractivity contribution in [1.29, 1.82) is 0 Å². The molecule has 3 aromatic rings. The number of aryl methyl sites for hydroxylation is 1. The van der Waals surface area contributed by atoms with Gasteiger partial charge in [-0.25, -0.2) is 23.2 Å². The van der Waals surface area contributed by atoms with Gasteiger partial charge in [0.25, 0.3) is 5.91 Å². The maximum Gasteiger partial charge on any atom is 0.411 e. The van der Waals surface area contributed by atoms with Crippen LogP contribution in [0.3, 0.4) is 0 Å². The van der Waals surface area contributed by atoms with Gasteiger partial charge in [-0.1, -0.05) is 27.2 Å². The summed E-state index contributed by atoms with van der Waals surface area (Å²) in [6.45, 7) is 14.8. The number of ether oxygens (including phenoxy) is 3. The van der Waals surface area contributed by atoms with Crippen LogP contribution in [0.15, 0.2) is 23.6 Å². The lowest BCUT2D eigenvalue weighted by Crippen LogP contribution is -2.57. The SMILES string of the molecule is CC[C@@H]1C[C@]1(NC(=O)[C@@H]1C[C@@H](Oc2cc(-c3nc(C(C)C)cs3)nc3c(C)c(OC)ccc23)CN1C(=O)OC(C)(C)C)C(=O)NS(=O)(=O)C1(C)CC1. The molecule has 15 heteroatoms. The second kappa shape index (κ2) is 13.5. The van der Waals surface area contributed by atoms with E-state index in [1.807, 2.05) is 37.4 Å². The summed E-state index contributed by atoms with van der Waals surface area (Å²) in [4.78, 5) is 52.5. The van der Waals surface area contributed by atoms with Crippen LogP contribution < -0.4 is 19.5 Å². The number of likely N-dealkylation sites (tertiary alicyclic amines) is 1. The number of aromatic nitrogens is 2. The maximum atomic E-state index is 14.2. The zero-order valence-corrected chi connectivity index (χ0v) is 32.9. The number of methoxy groups -OCH3 is 1. The quantitative estimate of drug-likeness (QED) is 0.243. The molecule has 1 aromatic carbocycles. The van der Waals surface area contributed by atoms with Gasteiger partial charge in [0.2, 0.25) is 15.9 Å². The second-order valence-corrected chi connectivity index (χ2v) is 18.9. The van der Waals surface area contributed by atoms with Gasteiger partial charge in [-0.15, -0.1) is 11.3 Å². The zero-order valence-electron chi connectivity index (χ0n) is 31.3. The Morgan fingerprint density at radius 3 is 2.42 bits per heavy atom. The zero-order chi connectivity index (χ0) is 38.0. The molecule has 3 aliphatic rings. The van der Waals surface area contributed by atoms with Gasteiger partial charge in [-0.2, -0.15) is 0 Å². The molecule has 2 aliphatic carbocycles.